The van der Waals surface area contributed by atoms with Crippen molar-refractivity contribution in [1.82, 2.24) is 10.6 Å². The summed E-state index contributed by atoms with van der Waals surface area (Å²) in [6.07, 6.45) is 4.93. The van der Waals surface area contributed by atoms with E-state index in [0.29, 0.717) is 12.8 Å². The molecule has 0 unspecified atom stereocenters. The lowest BCUT2D eigenvalue weighted by molar-refractivity contribution is -0.147. The Bertz CT molecular complexity index is 353. The molecule has 1 spiro atoms. The highest BCUT2D eigenvalue weighted by molar-refractivity contribution is 6.19. The maximum atomic E-state index is 11.8. The molecule has 0 saturated carbocycles. The van der Waals surface area contributed by atoms with E-state index in [9.17, 15) is 14.4 Å². The molecule has 2 N–H and O–H groups in total. The minimum atomic E-state index is -1.09. The first-order valence-corrected chi connectivity index (χ1v) is 4.91. The lowest BCUT2D eigenvalue weighted by Crippen LogP contribution is -2.64. The van der Waals surface area contributed by atoms with Crippen molar-refractivity contribution >= 4 is 17.8 Å². The molecule has 1 atom stereocenters. The Labute approximate surface area is 86.9 Å². The number of amides is 4. The van der Waals surface area contributed by atoms with E-state index in [-0.39, 0.29) is 5.92 Å². The summed E-state index contributed by atoms with van der Waals surface area (Å²) in [7, 11) is 0. The molecule has 1 fully saturated rings. The summed E-state index contributed by atoms with van der Waals surface area (Å²) < 4.78 is 0. The van der Waals surface area contributed by atoms with Crippen molar-refractivity contribution in [3.8, 4) is 0 Å². The average Bonchev–Trinajstić information content (AvgIpc) is 2.16. The molecule has 0 aromatic heterocycles. The van der Waals surface area contributed by atoms with E-state index in [0.717, 1.165) is 0 Å². The molecule has 15 heavy (non-hydrogen) atoms. The van der Waals surface area contributed by atoms with Gasteiger partial charge in [-0.25, -0.2) is 4.79 Å². The first kappa shape index (κ1) is 9.89. The third-order valence-electron chi connectivity index (χ3n) is 3.17. The van der Waals surface area contributed by atoms with Gasteiger partial charge in [-0.3, -0.25) is 20.2 Å². The molecule has 1 saturated heterocycles. The maximum Gasteiger partial charge on any atom is 0.328 e. The van der Waals surface area contributed by atoms with E-state index in [1.54, 1.807) is 0 Å². The van der Waals surface area contributed by atoms with Gasteiger partial charge in [-0.05, 0) is 18.8 Å². The van der Waals surface area contributed by atoms with Gasteiger partial charge in [-0.2, -0.15) is 0 Å². The number of imide groups is 2. The van der Waals surface area contributed by atoms with Crippen molar-refractivity contribution in [1.29, 1.82) is 0 Å². The summed E-state index contributed by atoms with van der Waals surface area (Å²) >= 11 is 0. The van der Waals surface area contributed by atoms with E-state index >= 15 is 0 Å². The van der Waals surface area contributed by atoms with E-state index < -0.39 is 23.3 Å². The van der Waals surface area contributed by atoms with E-state index in [2.05, 4.69) is 10.6 Å². The minimum Gasteiger partial charge on any atom is -0.277 e. The quantitative estimate of drug-likeness (QED) is 0.445. The third-order valence-corrected chi connectivity index (χ3v) is 3.17. The fourth-order valence-corrected chi connectivity index (χ4v) is 2.21. The molecular weight excluding hydrogens is 196 g/mol. The number of urea groups is 1. The van der Waals surface area contributed by atoms with Crippen molar-refractivity contribution in [2.75, 3.05) is 0 Å². The molecule has 1 aliphatic carbocycles. The van der Waals surface area contributed by atoms with Crippen LogP contribution in [-0.2, 0) is 9.59 Å². The number of hydrogen-bond acceptors (Lipinski definition) is 3. The van der Waals surface area contributed by atoms with E-state index in [1.807, 2.05) is 19.1 Å². The molecule has 1 heterocycles. The second-order valence-electron chi connectivity index (χ2n) is 3.96. The molecule has 5 nitrogen and oxygen atoms in total. The van der Waals surface area contributed by atoms with Crippen LogP contribution in [0.25, 0.3) is 0 Å². The number of carbonyl (C=O) groups is 3. The maximum absolute atomic E-state index is 11.8. The number of carbonyl (C=O) groups excluding carboxylic acids is 3. The lowest BCUT2D eigenvalue weighted by Gasteiger charge is -2.39. The highest BCUT2D eigenvalue weighted by atomic mass is 16.2. The zero-order valence-electron chi connectivity index (χ0n) is 8.37. The molecule has 2 rings (SSSR count). The Balaban J connectivity index is 2.41. The van der Waals surface area contributed by atoms with E-state index in [4.69, 9.17) is 0 Å². The number of hydrogen-bond donors (Lipinski definition) is 2. The summed E-state index contributed by atoms with van der Waals surface area (Å²) in [5, 5.41) is 4.31. The fraction of sp³-hybridized carbons (Fsp3) is 0.500. The van der Waals surface area contributed by atoms with Gasteiger partial charge >= 0.3 is 6.03 Å². The number of barbiturate groups is 1. The molecular formula is C10H12N2O3. The van der Waals surface area contributed by atoms with Crippen molar-refractivity contribution < 1.29 is 14.4 Å². The first-order chi connectivity index (χ1) is 7.07. The molecule has 1 aliphatic heterocycles. The van der Waals surface area contributed by atoms with Crippen LogP contribution < -0.4 is 10.6 Å². The van der Waals surface area contributed by atoms with Crippen LogP contribution in [0.5, 0.6) is 0 Å². The van der Waals surface area contributed by atoms with Crippen molar-refractivity contribution in [3.05, 3.63) is 12.2 Å². The molecule has 80 valence electrons. The summed E-state index contributed by atoms with van der Waals surface area (Å²) in [4.78, 5) is 34.5. The predicted octanol–water partition coefficient (Wildman–Crippen LogP) is 0.325. The summed E-state index contributed by atoms with van der Waals surface area (Å²) in [6.45, 7) is 1.81. The van der Waals surface area contributed by atoms with Gasteiger partial charge in [0.05, 0.1) is 0 Å². The molecule has 0 aromatic carbocycles. The van der Waals surface area contributed by atoms with E-state index in [1.165, 1.54) is 0 Å². The van der Waals surface area contributed by atoms with Gasteiger partial charge in [-0.15, -0.1) is 0 Å². The topological polar surface area (TPSA) is 75.3 Å². The second-order valence-corrected chi connectivity index (χ2v) is 3.96. The number of nitrogens with one attached hydrogen (secondary N) is 2. The van der Waals surface area contributed by atoms with Crippen molar-refractivity contribution in [2.24, 2.45) is 11.3 Å². The van der Waals surface area contributed by atoms with Crippen LogP contribution in [0.2, 0.25) is 0 Å². The van der Waals surface area contributed by atoms with Crippen LogP contribution in [0.4, 0.5) is 4.79 Å². The lowest BCUT2D eigenvalue weighted by atomic mass is 9.68. The monoisotopic (exact) mass is 208 g/mol. The molecule has 5 heteroatoms. The SMILES string of the molecule is C[C@@H]1C=CCCC12C(=O)NC(=O)NC2=O. The van der Waals surface area contributed by atoms with Crippen LogP contribution >= 0.6 is 0 Å². The standard InChI is InChI=1S/C10H12N2O3/c1-6-4-2-3-5-10(6)7(13)11-9(15)12-8(10)14/h2,4,6H,3,5H2,1H3,(H2,11,12,13,14,15)/t6-/m1/s1. The van der Waals surface area contributed by atoms with Crippen LogP contribution in [0.1, 0.15) is 19.8 Å². The fourth-order valence-electron chi connectivity index (χ4n) is 2.21. The number of rotatable bonds is 0. The smallest absolute Gasteiger partial charge is 0.277 e. The van der Waals surface area contributed by atoms with Gasteiger partial charge in [-0.1, -0.05) is 19.1 Å². The van der Waals surface area contributed by atoms with Gasteiger partial charge < -0.3 is 0 Å². The summed E-state index contributed by atoms with van der Waals surface area (Å²) in [5.41, 5.74) is -1.09. The normalized spacial score (nSPS) is 28.9. The number of allylic oxidation sites excluding steroid dienone is 2. The Morgan fingerprint density at radius 2 is 1.87 bits per heavy atom. The van der Waals surface area contributed by atoms with Crippen LogP contribution in [0.3, 0.4) is 0 Å². The molecule has 0 aromatic rings. The van der Waals surface area contributed by atoms with Gasteiger partial charge in [0, 0.05) is 0 Å². The van der Waals surface area contributed by atoms with Crippen LogP contribution in [0.15, 0.2) is 12.2 Å². The van der Waals surface area contributed by atoms with Crippen LogP contribution in [-0.4, -0.2) is 17.8 Å². The molecule has 0 bridgehead atoms. The highest BCUT2D eigenvalue weighted by Gasteiger charge is 2.53. The average molecular weight is 208 g/mol. The second kappa shape index (κ2) is 3.18. The zero-order chi connectivity index (χ0) is 11.1. The van der Waals surface area contributed by atoms with Crippen LogP contribution in [0, 0.1) is 11.3 Å². The largest absolute Gasteiger partial charge is 0.328 e. The zero-order valence-corrected chi connectivity index (χ0v) is 8.37. The third kappa shape index (κ3) is 1.26. The minimum absolute atomic E-state index is 0.181. The van der Waals surface area contributed by atoms with Crippen molar-refractivity contribution in [2.45, 2.75) is 19.8 Å². The van der Waals surface area contributed by atoms with Gasteiger partial charge in [0.1, 0.15) is 5.41 Å². The van der Waals surface area contributed by atoms with Gasteiger partial charge in [0.25, 0.3) is 0 Å². The van der Waals surface area contributed by atoms with Crippen molar-refractivity contribution in [3.63, 3.8) is 0 Å². The molecule has 4 amide bonds. The highest BCUT2D eigenvalue weighted by Crippen LogP contribution is 2.39. The Morgan fingerprint density at radius 1 is 1.27 bits per heavy atom. The van der Waals surface area contributed by atoms with Gasteiger partial charge in [0.15, 0.2) is 0 Å². The Kier molecular flexibility index (Phi) is 2.10. The first-order valence-electron chi connectivity index (χ1n) is 4.91. The van der Waals surface area contributed by atoms with Gasteiger partial charge in [0.2, 0.25) is 11.8 Å². The Hall–Kier alpha value is -1.65. The summed E-state index contributed by atoms with van der Waals surface area (Å²) in [5.74, 6) is -1.14. The molecule has 0 radical (unpaired) electrons. The predicted molar refractivity (Wildman–Crippen MR) is 51.7 cm³/mol. The molecule has 2 aliphatic rings. The Morgan fingerprint density at radius 3 is 2.40 bits per heavy atom. The summed E-state index contributed by atoms with van der Waals surface area (Å²) in [6, 6.07) is -0.725.